The molecule has 18 heavy (non-hydrogen) atoms. The molecule has 1 heterocycles. The Morgan fingerprint density at radius 3 is 2.22 bits per heavy atom. The van der Waals surface area contributed by atoms with Crippen LogP contribution in [0.2, 0.25) is 0 Å². The number of nitrogens with zero attached hydrogens (tertiary/aromatic N) is 2. The number of rotatable bonds is 3. The Morgan fingerprint density at radius 2 is 1.83 bits per heavy atom. The number of hydrogen-bond donors (Lipinski definition) is 1. The third-order valence-corrected chi connectivity index (χ3v) is 2.90. The van der Waals surface area contributed by atoms with Crippen molar-refractivity contribution in [2.24, 2.45) is 10.2 Å². The first-order valence-corrected chi connectivity index (χ1v) is 5.98. The maximum absolute atomic E-state index is 12.7. The second-order valence-corrected chi connectivity index (χ2v) is 4.19. The Labute approximate surface area is 108 Å². The summed E-state index contributed by atoms with van der Waals surface area (Å²) in [6, 6.07) is 5.26. The van der Waals surface area contributed by atoms with Gasteiger partial charge in [0.05, 0.1) is 5.33 Å². The van der Waals surface area contributed by atoms with E-state index >= 15 is 0 Å². The molecular formula is C10H7BrF3N3O. The Hall–Kier alpha value is -1.44. The summed E-state index contributed by atoms with van der Waals surface area (Å²) >= 11 is 2.96. The summed E-state index contributed by atoms with van der Waals surface area (Å²) in [5, 5.41) is 8.79. The molecule has 2 rings (SSSR count). The summed E-state index contributed by atoms with van der Waals surface area (Å²) < 4.78 is 38.1. The minimum atomic E-state index is -4.53. The van der Waals surface area contributed by atoms with Crippen LogP contribution in [0, 0.1) is 0 Å². The number of benzene rings is 1. The monoisotopic (exact) mass is 321 g/mol. The maximum Gasteiger partial charge on any atom is 0.442 e. The highest BCUT2D eigenvalue weighted by molar-refractivity contribution is 9.09. The molecule has 0 bridgehead atoms. The lowest BCUT2D eigenvalue weighted by atomic mass is 10.0. The van der Waals surface area contributed by atoms with Crippen molar-refractivity contribution in [3.05, 3.63) is 29.8 Å². The average Bonchev–Trinajstić information content (AvgIpc) is 3.10. The van der Waals surface area contributed by atoms with Gasteiger partial charge in [-0.3, -0.25) is 4.79 Å². The number of alkyl halides is 4. The van der Waals surface area contributed by atoms with Crippen molar-refractivity contribution in [2.45, 2.75) is 11.8 Å². The first-order valence-electron chi connectivity index (χ1n) is 4.86. The standard InChI is InChI=1S/C10H7BrF3N3O/c11-5-8(18)15-7-3-1-6(2-4-7)9(16-17-9)10(12,13)14/h1-4H,5H2,(H,15,18). The molecule has 1 aliphatic rings. The quantitative estimate of drug-likeness (QED) is 0.854. The van der Waals surface area contributed by atoms with Gasteiger partial charge in [-0.2, -0.15) is 13.2 Å². The molecule has 0 saturated carbocycles. The number of halogens is 4. The largest absolute Gasteiger partial charge is 0.442 e. The maximum atomic E-state index is 12.7. The summed E-state index contributed by atoms with van der Waals surface area (Å²) in [6.45, 7) is 0. The van der Waals surface area contributed by atoms with Gasteiger partial charge in [0.2, 0.25) is 5.91 Å². The summed E-state index contributed by atoms with van der Waals surface area (Å²) in [5.41, 5.74) is -2.06. The molecule has 0 radical (unpaired) electrons. The normalized spacial score (nSPS) is 16.4. The fourth-order valence-corrected chi connectivity index (χ4v) is 1.56. The molecule has 0 fully saturated rings. The Morgan fingerprint density at radius 1 is 1.28 bits per heavy atom. The zero-order valence-corrected chi connectivity index (χ0v) is 10.4. The van der Waals surface area contributed by atoms with Gasteiger partial charge in [-0.25, -0.2) is 0 Å². The van der Waals surface area contributed by atoms with E-state index in [2.05, 4.69) is 31.5 Å². The Kier molecular flexibility index (Phi) is 3.14. The van der Waals surface area contributed by atoms with Crippen LogP contribution in [0.4, 0.5) is 18.9 Å². The molecule has 1 amide bonds. The van der Waals surface area contributed by atoms with Gasteiger partial charge in [0.1, 0.15) is 0 Å². The van der Waals surface area contributed by atoms with Crippen LogP contribution >= 0.6 is 15.9 Å². The van der Waals surface area contributed by atoms with Crippen molar-refractivity contribution in [2.75, 3.05) is 10.6 Å². The number of carbonyl (C=O) groups is 1. The molecule has 8 heteroatoms. The van der Waals surface area contributed by atoms with Crippen LogP contribution in [-0.2, 0) is 10.5 Å². The van der Waals surface area contributed by atoms with E-state index in [0.29, 0.717) is 5.69 Å². The summed E-state index contributed by atoms with van der Waals surface area (Å²) in [7, 11) is 0. The number of nitrogens with one attached hydrogen (secondary N) is 1. The third-order valence-electron chi connectivity index (χ3n) is 2.39. The van der Waals surface area contributed by atoms with Crippen molar-refractivity contribution in [1.29, 1.82) is 0 Å². The zero-order chi connectivity index (χ0) is 13.4. The lowest BCUT2D eigenvalue weighted by molar-refractivity contribution is -0.166. The summed E-state index contributed by atoms with van der Waals surface area (Å²) in [4.78, 5) is 11.1. The summed E-state index contributed by atoms with van der Waals surface area (Å²) in [6.07, 6.45) is -4.53. The molecule has 1 aromatic rings. The van der Waals surface area contributed by atoms with Gasteiger partial charge in [0.15, 0.2) is 0 Å². The predicted octanol–water partition coefficient (Wildman–Crippen LogP) is 3.20. The van der Waals surface area contributed by atoms with Crippen molar-refractivity contribution >= 4 is 27.5 Å². The van der Waals surface area contributed by atoms with Crippen LogP contribution in [0.5, 0.6) is 0 Å². The van der Waals surface area contributed by atoms with Gasteiger partial charge in [0, 0.05) is 11.3 Å². The topological polar surface area (TPSA) is 53.8 Å². The number of anilines is 1. The molecule has 0 atom stereocenters. The van der Waals surface area contributed by atoms with E-state index in [1.54, 1.807) is 0 Å². The smallest absolute Gasteiger partial charge is 0.325 e. The molecule has 0 aliphatic carbocycles. The molecule has 0 unspecified atom stereocenters. The van der Waals surface area contributed by atoms with Gasteiger partial charge in [-0.05, 0) is 12.1 Å². The van der Waals surface area contributed by atoms with Gasteiger partial charge in [-0.15, -0.1) is 10.2 Å². The summed E-state index contributed by atoms with van der Waals surface area (Å²) in [5.74, 6) is -0.283. The van der Waals surface area contributed by atoms with Crippen LogP contribution in [-0.4, -0.2) is 17.4 Å². The molecule has 1 aliphatic heterocycles. The van der Waals surface area contributed by atoms with Crippen molar-refractivity contribution in [3.8, 4) is 0 Å². The predicted molar refractivity (Wildman–Crippen MR) is 61.5 cm³/mol. The van der Waals surface area contributed by atoms with Crippen LogP contribution in [0.3, 0.4) is 0 Å². The lowest BCUT2D eigenvalue weighted by Gasteiger charge is -2.15. The van der Waals surface area contributed by atoms with Crippen LogP contribution in [0.15, 0.2) is 34.5 Å². The third kappa shape index (κ3) is 2.24. The van der Waals surface area contributed by atoms with Gasteiger partial charge < -0.3 is 5.32 Å². The molecule has 1 N–H and O–H groups in total. The van der Waals surface area contributed by atoms with Gasteiger partial charge >= 0.3 is 11.8 Å². The number of hydrogen-bond acceptors (Lipinski definition) is 3. The second kappa shape index (κ2) is 4.34. The van der Waals surface area contributed by atoms with E-state index in [9.17, 15) is 18.0 Å². The fraction of sp³-hybridized carbons (Fsp3) is 0.300. The lowest BCUT2D eigenvalue weighted by Crippen LogP contribution is -2.30. The molecule has 0 saturated heterocycles. The van der Waals surface area contributed by atoms with Crippen molar-refractivity contribution in [3.63, 3.8) is 0 Å². The first kappa shape index (κ1) is 13.0. The van der Waals surface area contributed by atoms with Crippen LogP contribution in [0.1, 0.15) is 5.56 Å². The molecule has 1 aromatic carbocycles. The zero-order valence-electron chi connectivity index (χ0n) is 8.83. The minimum absolute atomic E-state index is 0.0631. The molecule has 0 aromatic heterocycles. The molecule has 0 spiro atoms. The number of amides is 1. The Bertz CT molecular complexity index is 492. The van der Waals surface area contributed by atoms with Crippen LogP contribution in [0.25, 0.3) is 0 Å². The van der Waals surface area contributed by atoms with E-state index in [1.807, 2.05) is 0 Å². The van der Waals surface area contributed by atoms with E-state index in [1.165, 1.54) is 24.3 Å². The van der Waals surface area contributed by atoms with E-state index in [0.717, 1.165) is 0 Å². The van der Waals surface area contributed by atoms with E-state index in [-0.39, 0.29) is 16.8 Å². The molecular weight excluding hydrogens is 315 g/mol. The molecule has 96 valence electrons. The Balaban J connectivity index is 2.16. The highest BCUT2D eigenvalue weighted by Crippen LogP contribution is 2.52. The van der Waals surface area contributed by atoms with Crippen molar-refractivity contribution < 1.29 is 18.0 Å². The SMILES string of the molecule is O=C(CBr)Nc1ccc(C2(C(F)(F)F)N=N2)cc1. The second-order valence-electron chi connectivity index (χ2n) is 3.63. The molecule has 4 nitrogen and oxygen atoms in total. The average molecular weight is 322 g/mol. The number of carbonyl (C=O) groups excluding carboxylic acids is 1. The van der Waals surface area contributed by atoms with E-state index < -0.39 is 11.8 Å². The first-order chi connectivity index (χ1) is 8.39. The fourth-order valence-electron chi connectivity index (χ4n) is 1.42. The highest BCUT2D eigenvalue weighted by Gasteiger charge is 2.65. The van der Waals surface area contributed by atoms with Crippen molar-refractivity contribution in [1.82, 2.24) is 0 Å². The van der Waals surface area contributed by atoms with Gasteiger partial charge in [0.25, 0.3) is 0 Å². The highest BCUT2D eigenvalue weighted by atomic mass is 79.9. The minimum Gasteiger partial charge on any atom is -0.325 e. The van der Waals surface area contributed by atoms with Crippen LogP contribution < -0.4 is 5.32 Å². The van der Waals surface area contributed by atoms with Gasteiger partial charge in [-0.1, -0.05) is 28.1 Å². The van der Waals surface area contributed by atoms with E-state index in [4.69, 9.17) is 0 Å².